The zero-order valence-corrected chi connectivity index (χ0v) is 12.4. The van der Waals surface area contributed by atoms with Gasteiger partial charge >= 0.3 is 0 Å². The Morgan fingerprint density at radius 3 is 2.80 bits per heavy atom. The summed E-state index contributed by atoms with van der Waals surface area (Å²) in [4.78, 5) is 0. The second-order valence-electron chi connectivity index (χ2n) is 5.82. The molecule has 0 bridgehead atoms. The molecule has 1 saturated heterocycles. The lowest BCUT2D eigenvalue weighted by atomic mass is 9.93. The number of hydrogen-bond donors (Lipinski definition) is 1. The zero-order chi connectivity index (χ0) is 14.2. The van der Waals surface area contributed by atoms with Crippen molar-refractivity contribution in [1.82, 2.24) is 5.32 Å². The molecule has 0 amide bonds. The van der Waals surface area contributed by atoms with E-state index in [0.29, 0.717) is 12.0 Å². The Bertz CT molecular complexity index is 373. The summed E-state index contributed by atoms with van der Waals surface area (Å²) in [6.07, 6.45) is 7.58. The summed E-state index contributed by atoms with van der Waals surface area (Å²) in [6, 6.07) is 6.91. The van der Waals surface area contributed by atoms with E-state index in [-0.39, 0.29) is 5.82 Å². The number of rotatable bonds is 8. The molecule has 3 heteroatoms. The summed E-state index contributed by atoms with van der Waals surface area (Å²) in [5.74, 6) is 0.462. The SMILES string of the molecule is CNCC(CCCC1CCCO1)Cc1ccc(F)cc1. The molecule has 1 N–H and O–H groups in total. The molecule has 0 spiro atoms. The first-order valence-corrected chi connectivity index (χ1v) is 7.78. The van der Waals surface area contributed by atoms with E-state index in [1.54, 1.807) is 12.1 Å². The summed E-state index contributed by atoms with van der Waals surface area (Å²) in [7, 11) is 2.00. The number of nitrogens with one attached hydrogen (secondary N) is 1. The third kappa shape index (κ3) is 5.22. The molecule has 0 aliphatic carbocycles. The van der Waals surface area contributed by atoms with Crippen LogP contribution in [-0.4, -0.2) is 26.3 Å². The molecule has 2 rings (SSSR count). The van der Waals surface area contributed by atoms with Crippen molar-refractivity contribution in [3.05, 3.63) is 35.6 Å². The van der Waals surface area contributed by atoms with Crippen LogP contribution in [0.5, 0.6) is 0 Å². The first-order chi connectivity index (χ1) is 9.78. The topological polar surface area (TPSA) is 21.3 Å². The first-order valence-electron chi connectivity index (χ1n) is 7.78. The molecule has 0 aromatic heterocycles. The van der Waals surface area contributed by atoms with Crippen LogP contribution in [0.15, 0.2) is 24.3 Å². The Kier molecular flexibility index (Phi) is 6.48. The molecule has 2 atom stereocenters. The molecule has 2 unspecified atom stereocenters. The summed E-state index contributed by atoms with van der Waals surface area (Å²) in [6.45, 7) is 1.96. The van der Waals surface area contributed by atoms with Crippen molar-refractivity contribution in [2.45, 2.75) is 44.6 Å². The van der Waals surface area contributed by atoms with Crippen molar-refractivity contribution in [1.29, 1.82) is 0 Å². The minimum absolute atomic E-state index is 0.155. The predicted molar refractivity (Wildman–Crippen MR) is 80.3 cm³/mol. The maximum atomic E-state index is 12.9. The molecular weight excluding hydrogens is 253 g/mol. The molecule has 2 nitrogen and oxygen atoms in total. The van der Waals surface area contributed by atoms with E-state index in [1.165, 1.54) is 37.7 Å². The van der Waals surface area contributed by atoms with Crippen molar-refractivity contribution in [2.75, 3.05) is 20.2 Å². The average molecular weight is 279 g/mol. The highest BCUT2D eigenvalue weighted by molar-refractivity contribution is 5.16. The van der Waals surface area contributed by atoms with Gasteiger partial charge in [0.15, 0.2) is 0 Å². The maximum Gasteiger partial charge on any atom is 0.123 e. The van der Waals surface area contributed by atoms with Crippen molar-refractivity contribution in [2.24, 2.45) is 5.92 Å². The van der Waals surface area contributed by atoms with E-state index in [4.69, 9.17) is 4.74 Å². The normalized spacial score (nSPS) is 20.2. The van der Waals surface area contributed by atoms with Crippen molar-refractivity contribution < 1.29 is 9.13 Å². The van der Waals surface area contributed by atoms with Crippen LogP contribution in [0.1, 0.15) is 37.7 Å². The van der Waals surface area contributed by atoms with Crippen molar-refractivity contribution in [3.63, 3.8) is 0 Å². The van der Waals surface area contributed by atoms with Crippen LogP contribution in [0.3, 0.4) is 0 Å². The monoisotopic (exact) mass is 279 g/mol. The molecule has 0 radical (unpaired) electrons. The Labute approximate surface area is 121 Å². The first kappa shape index (κ1) is 15.5. The van der Waals surface area contributed by atoms with Crippen LogP contribution in [0.25, 0.3) is 0 Å². The molecule has 20 heavy (non-hydrogen) atoms. The van der Waals surface area contributed by atoms with E-state index in [1.807, 2.05) is 19.2 Å². The lowest BCUT2D eigenvalue weighted by Crippen LogP contribution is -2.21. The van der Waals surface area contributed by atoms with Crippen LogP contribution in [0, 0.1) is 11.7 Å². The van der Waals surface area contributed by atoms with E-state index in [0.717, 1.165) is 19.6 Å². The maximum absolute atomic E-state index is 12.9. The number of halogens is 1. The highest BCUT2D eigenvalue weighted by atomic mass is 19.1. The molecule has 1 fully saturated rings. The molecule has 1 aromatic rings. The fraction of sp³-hybridized carbons (Fsp3) is 0.647. The molecule has 1 heterocycles. The third-order valence-corrected chi connectivity index (χ3v) is 4.09. The minimum Gasteiger partial charge on any atom is -0.378 e. The average Bonchev–Trinajstić information content (AvgIpc) is 2.95. The quantitative estimate of drug-likeness (QED) is 0.785. The van der Waals surface area contributed by atoms with Gasteiger partial charge < -0.3 is 10.1 Å². The third-order valence-electron chi connectivity index (χ3n) is 4.09. The molecule has 1 aliphatic heterocycles. The fourth-order valence-corrected chi connectivity index (χ4v) is 3.02. The van der Waals surface area contributed by atoms with E-state index >= 15 is 0 Å². The number of hydrogen-bond acceptors (Lipinski definition) is 2. The van der Waals surface area contributed by atoms with Gasteiger partial charge in [-0.2, -0.15) is 0 Å². The van der Waals surface area contributed by atoms with Crippen LogP contribution >= 0.6 is 0 Å². The summed E-state index contributed by atoms with van der Waals surface area (Å²) in [5, 5.41) is 3.27. The Morgan fingerprint density at radius 1 is 1.35 bits per heavy atom. The van der Waals surface area contributed by atoms with Gasteiger partial charge in [0.05, 0.1) is 6.10 Å². The van der Waals surface area contributed by atoms with E-state index < -0.39 is 0 Å². The molecule has 1 aliphatic rings. The predicted octanol–water partition coefficient (Wildman–Crippen LogP) is 3.55. The summed E-state index contributed by atoms with van der Waals surface area (Å²) >= 11 is 0. The van der Waals surface area contributed by atoms with Gasteiger partial charge in [0.2, 0.25) is 0 Å². The zero-order valence-electron chi connectivity index (χ0n) is 12.4. The minimum atomic E-state index is -0.155. The van der Waals surface area contributed by atoms with Gasteiger partial charge in [0, 0.05) is 6.61 Å². The lowest BCUT2D eigenvalue weighted by molar-refractivity contribution is 0.101. The molecule has 1 aromatic carbocycles. The van der Waals surface area contributed by atoms with Gasteiger partial charge in [-0.3, -0.25) is 0 Å². The van der Waals surface area contributed by atoms with Crippen molar-refractivity contribution >= 4 is 0 Å². The Balaban J connectivity index is 1.75. The van der Waals surface area contributed by atoms with Gasteiger partial charge in [-0.1, -0.05) is 18.6 Å². The second kappa shape index (κ2) is 8.38. The van der Waals surface area contributed by atoms with Gasteiger partial charge in [0.1, 0.15) is 5.82 Å². The Morgan fingerprint density at radius 2 is 2.15 bits per heavy atom. The fourth-order valence-electron chi connectivity index (χ4n) is 3.02. The van der Waals surface area contributed by atoms with Gasteiger partial charge in [0.25, 0.3) is 0 Å². The largest absolute Gasteiger partial charge is 0.378 e. The highest BCUT2D eigenvalue weighted by Gasteiger charge is 2.16. The van der Waals surface area contributed by atoms with E-state index in [9.17, 15) is 4.39 Å². The van der Waals surface area contributed by atoms with Crippen LogP contribution < -0.4 is 5.32 Å². The van der Waals surface area contributed by atoms with Crippen LogP contribution in [0.4, 0.5) is 4.39 Å². The molecule has 0 saturated carbocycles. The Hall–Kier alpha value is -0.930. The van der Waals surface area contributed by atoms with Gasteiger partial charge in [-0.15, -0.1) is 0 Å². The summed E-state index contributed by atoms with van der Waals surface area (Å²) in [5.41, 5.74) is 1.23. The standard InChI is InChI=1S/C17H26FNO/c1-19-13-15(4-2-5-17-6-3-11-20-17)12-14-7-9-16(18)10-8-14/h7-10,15,17,19H,2-6,11-13H2,1H3. The number of benzene rings is 1. The molecule has 112 valence electrons. The van der Waals surface area contributed by atoms with Crippen LogP contribution in [0.2, 0.25) is 0 Å². The summed E-state index contributed by atoms with van der Waals surface area (Å²) < 4.78 is 18.6. The smallest absolute Gasteiger partial charge is 0.123 e. The van der Waals surface area contributed by atoms with Crippen LogP contribution in [-0.2, 0) is 11.2 Å². The van der Waals surface area contributed by atoms with Crippen molar-refractivity contribution in [3.8, 4) is 0 Å². The second-order valence-corrected chi connectivity index (χ2v) is 5.82. The van der Waals surface area contributed by atoms with Gasteiger partial charge in [-0.25, -0.2) is 4.39 Å². The highest BCUT2D eigenvalue weighted by Crippen LogP contribution is 2.21. The van der Waals surface area contributed by atoms with Gasteiger partial charge in [-0.05, 0) is 69.3 Å². The number of ether oxygens (including phenoxy) is 1. The molecular formula is C17H26FNO. The lowest BCUT2D eigenvalue weighted by Gasteiger charge is -2.18. The van der Waals surface area contributed by atoms with E-state index in [2.05, 4.69) is 5.32 Å².